The predicted octanol–water partition coefficient (Wildman–Crippen LogP) is 3.57. The first-order valence-corrected chi connectivity index (χ1v) is 8.82. The lowest BCUT2D eigenvalue weighted by Crippen LogP contribution is -2.48. The molecule has 0 aliphatic carbocycles. The van der Waals surface area contributed by atoms with Crippen molar-refractivity contribution in [2.75, 3.05) is 25.0 Å². The van der Waals surface area contributed by atoms with Crippen LogP contribution in [0.1, 0.15) is 11.8 Å². The summed E-state index contributed by atoms with van der Waals surface area (Å²) >= 11 is 5.99. The lowest BCUT2D eigenvalue weighted by molar-refractivity contribution is -0.118. The molecule has 1 aliphatic rings. The Morgan fingerprint density at radius 2 is 2.07 bits per heavy atom. The van der Waals surface area contributed by atoms with Crippen LogP contribution in [0, 0.1) is 5.82 Å². The van der Waals surface area contributed by atoms with E-state index >= 15 is 0 Å². The number of nitrogens with zero attached hydrogens (tertiary/aromatic N) is 3. The van der Waals surface area contributed by atoms with E-state index in [4.69, 9.17) is 16.1 Å². The molecule has 2 heterocycles. The van der Waals surface area contributed by atoms with E-state index in [0.29, 0.717) is 35.5 Å². The van der Waals surface area contributed by atoms with Gasteiger partial charge in [-0.25, -0.2) is 4.39 Å². The quantitative estimate of drug-likeness (QED) is 0.725. The second-order valence-corrected chi connectivity index (χ2v) is 6.85. The van der Waals surface area contributed by atoms with Gasteiger partial charge in [-0.3, -0.25) is 9.69 Å². The maximum absolute atomic E-state index is 13.2. The highest BCUT2D eigenvalue weighted by molar-refractivity contribution is 6.30. The van der Waals surface area contributed by atoms with E-state index in [-0.39, 0.29) is 24.2 Å². The van der Waals surface area contributed by atoms with E-state index in [2.05, 4.69) is 15.5 Å². The number of hydrogen-bond donors (Lipinski definition) is 1. The fourth-order valence-corrected chi connectivity index (χ4v) is 3.16. The number of carbonyl (C=O) groups excluding carboxylic acids is 1. The average Bonchev–Trinajstić information content (AvgIpc) is 3.07. The minimum absolute atomic E-state index is 0.0902. The van der Waals surface area contributed by atoms with E-state index in [1.54, 1.807) is 24.3 Å². The fourth-order valence-electron chi connectivity index (χ4n) is 2.97. The molecule has 27 heavy (non-hydrogen) atoms. The number of rotatable bonds is 5. The molecular weight excluding hydrogens is 371 g/mol. The molecule has 1 aromatic heterocycles. The third-order valence-electron chi connectivity index (χ3n) is 4.31. The number of aromatic nitrogens is 2. The molecule has 1 aliphatic heterocycles. The molecule has 1 N–H and O–H groups in total. The first kappa shape index (κ1) is 17.6. The largest absolute Gasteiger partial charge is 0.339 e. The number of anilines is 1. The van der Waals surface area contributed by atoms with Crippen LogP contribution in [-0.4, -0.2) is 40.6 Å². The van der Waals surface area contributed by atoms with Crippen molar-refractivity contribution in [1.82, 2.24) is 15.0 Å². The number of hydrogen-bond acceptors (Lipinski definition) is 5. The third kappa shape index (κ3) is 4.15. The van der Waals surface area contributed by atoms with Crippen molar-refractivity contribution in [3.8, 4) is 11.4 Å². The van der Waals surface area contributed by atoms with Crippen LogP contribution in [0.4, 0.5) is 10.1 Å². The maximum atomic E-state index is 13.2. The van der Waals surface area contributed by atoms with Crippen molar-refractivity contribution in [3.05, 3.63) is 65.3 Å². The molecule has 1 saturated heterocycles. The Hall–Kier alpha value is -2.77. The summed E-state index contributed by atoms with van der Waals surface area (Å²) in [6.45, 7) is 1.52. The second kappa shape index (κ2) is 7.46. The molecule has 8 heteroatoms. The van der Waals surface area contributed by atoms with Crippen LogP contribution in [0.3, 0.4) is 0 Å². The predicted molar refractivity (Wildman–Crippen MR) is 99.0 cm³/mol. The van der Waals surface area contributed by atoms with Crippen LogP contribution in [0.2, 0.25) is 5.02 Å². The van der Waals surface area contributed by atoms with Crippen LogP contribution in [0.5, 0.6) is 0 Å². The topological polar surface area (TPSA) is 71.3 Å². The van der Waals surface area contributed by atoms with Crippen molar-refractivity contribution in [2.24, 2.45) is 0 Å². The Kier molecular flexibility index (Phi) is 4.87. The lowest BCUT2D eigenvalue weighted by atomic mass is 10.0. The molecular formula is C19H16ClFN4O2. The van der Waals surface area contributed by atoms with Gasteiger partial charge < -0.3 is 9.84 Å². The van der Waals surface area contributed by atoms with E-state index in [0.717, 1.165) is 5.56 Å². The Morgan fingerprint density at radius 1 is 1.26 bits per heavy atom. The lowest BCUT2D eigenvalue weighted by Gasteiger charge is -2.36. The van der Waals surface area contributed by atoms with Crippen LogP contribution in [0.25, 0.3) is 11.4 Å². The van der Waals surface area contributed by atoms with E-state index in [9.17, 15) is 9.18 Å². The molecule has 1 fully saturated rings. The molecule has 6 nitrogen and oxygen atoms in total. The Morgan fingerprint density at radius 3 is 2.85 bits per heavy atom. The molecule has 0 atom stereocenters. The SMILES string of the molecule is O=C(CN1CC(c2nc(-c3cccc(Cl)c3)no2)C1)Nc1cccc(F)c1. The molecule has 0 unspecified atom stereocenters. The van der Waals surface area contributed by atoms with E-state index in [1.807, 2.05) is 17.0 Å². The summed E-state index contributed by atoms with van der Waals surface area (Å²) in [7, 11) is 0. The number of nitrogens with one attached hydrogen (secondary N) is 1. The number of carbonyl (C=O) groups is 1. The van der Waals surface area contributed by atoms with Gasteiger partial charge in [0.1, 0.15) is 5.82 Å². The average molecular weight is 387 g/mol. The highest BCUT2D eigenvalue weighted by atomic mass is 35.5. The second-order valence-electron chi connectivity index (χ2n) is 6.42. The van der Waals surface area contributed by atoms with Gasteiger partial charge in [0.15, 0.2) is 0 Å². The van der Waals surface area contributed by atoms with Crippen molar-refractivity contribution < 1.29 is 13.7 Å². The minimum Gasteiger partial charge on any atom is -0.339 e. The molecule has 2 aromatic carbocycles. The van der Waals surface area contributed by atoms with Gasteiger partial charge in [0.05, 0.1) is 12.5 Å². The van der Waals surface area contributed by atoms with E-state index in [1.165, 1.54) is 12.1 Å². The molecule has 4 rings (SSSR count). The Labute approximate surface area is 159 Å². The molecule has 0 saturated carbocycles. The van der Waals surface area contributed by atoms with Gasteiger partial charge in [-0.2, -0.15) is 4.98 Å². The first-order chi connectivity index (χ1) is 13.1. The van der Waals surface area contributed by atoms with Gasteiger partial charge in [-0.15, -0.1) is 0 Å². The molecule has 1 amide bonds. The molecule has 3 aromatic rings. The highest BCUT2D eigenvalue weighted by Crippen LogP contribution is 2.28. The van der Waals surface area contributed by atoms with Crippen LogP contribution >= 0.6 is 11.6 Å². The maximum Gasteiger partial charge on any atom is 0.238 e. The van der Waals surface area contributed by atoms with Crippen molar-refractivity contribution in [1.29, 1.82) is 0 Å². The summed E-state index contributed by atoms with van der Waals surface area (Å²) in [6, 6.07) is 13.1. The summed E-state index contributed by atoms with van der Waals surface area (Å²) in [5.41, 5.74) is 1.24. The zero-order valence-electron chi connectivity index (χ0n) is 14.2. The third-order valence-corrected chi connectivity index (χ3v) is 4.54. The van der Waals surface area contributed by atoms with Crippen molar-refractivity contribution in [2.45, 2.75) is 5.92 Å². The van der Waals surface area contributed by atoms with Crippen molar-refractivity contribution >= 4 is 23.2 Å². The smallest absolute Gasteiger partial charge is 0.238 e. The Balaban J connectivity index is 1.30. The standard InChI is InChI=1S/C19H16ClFN4O2/c20-14-4-1-3-12(7-14)18-23-19(27-24-18)13-9-25(10-13)11-17(26)22-16-6-2-5-15(21)8-16/h1-8,13H,9-11H2,(H,22,26). The summed E-state index contributed by atoms with van der Waals surface area (Å²) < 4.78 is 18.5. The molecule has 0 radical (unpaired) electrons. The van der Waals surface area contributed by atoms with Crippen LogP contribution in [-0.2, 0) is 4.79 Å². The fraction of sp³-hybridized carbons (Fsp3) is 0.211. The number of benzene rings is 2. The molecule has 0 spiro atoms. The summed E-state index contributed by atoms with van der Waals surface area (Å²) in [5.74, 6) is 0.557. The Bertz CT molecular complexity index is 972. The van der Waals surface area contributed by atoms with Gasteiger partial charge in [0.2, 0.25) is 17.6 Å². The summed E-state index contributed by atoms with van der Waals surface area (Å²) in [6.07, 6.45) is 0. The van der Waals surface area contributed by atoms with Crippen LogP contribution in [0.15, 0.2) is 53.1 Å². The van der Waals surface area contributed by atoms with Gasteiger partial charge in [-0.1, -0.05) is 35.0 Å². The monoisotopic (exact) mass is 386 g/mol. The number of halogens is 2. The minimum atomic E-state index is -0.385. The number of amides is 1. The molecule has 138 valence electrons. The zero-order valence-corrected chi connectivity index (χ0v) is 15.0. The van der Waals surface area contributed by atoms with E-state index < -0.39 is 0 Å². The summed E-state index contributed by atoms with van der Waals surface area (Å²) in [4.78, 5) is 18.4. The summed E-state index contributed by atoms with van der Waals surface area (Å²) in [5, 5.41) is 7.29. The van der Waals surface area contributed by atoms with Gasteiger partial charge in [-0.05, 0) is 30.3 Å². The molecule has 0 bridgehead atoms. The normalized spacial score (nSPS) is 14.7. The van der Waals surface area contributed by atoms with Gasteiger partial charge >= 0.3 is 0 Å². The van der Waals surface area contributed by atoms with Crippen LogP contribution < -0.4 is 5.32 Å². The first-order valence-electron chi connectivity index (χ1n) is 8.44. The van der Waals surface area contributed by atoms with Gasteiger partial charge in [0, 0.05) is 29.4 Å². The van der Waals surface area contributed by atoms with Gasteiger partial charge in [0.25, 0.3) is 0 Å². The number of likely N-dealkylation sites (tertiary alicyclic amines) is 1. The van der Waals surface area contributed by atoms with Crippen molar-refractivity contribution in [3.63, 3.8) is 0 Å². The zero-order chi connectivity index (χ0) is 18.8. The highest BCUT2D eigenvalue weighted by Gasteiger charge is 2.33.